The number of hydrogen-bond donors (Lipinski definition) is 0. The summed E-state index contributed by atoms with van der Waals surface area (Å²) in [5.41, 5.74) is 1.46. The molecule has 2 aliphatic rings. The lowest BCUT2D eigenvalue weighted by atomic mass is 9.77. The third kappa shape index (κ3) is 7.01. The van der Waals surface area contributed by atoms with Gasteiger partial charge in [0.15, 0.2) is 5.78 Å². The first-order chi connectivity index (χ1) is 14.2. The summed E-state index contributed by atoms with van der Waals surface area (Å²) in [6.45, 7) is 6.76. The van der Waals surface area contributed by atoms with Gasteiger partial charge in [-0.2, -0.15) is 0 Å². The van der Waals surface area contributed by atoms with Crippen LogP contribution in [0.5, 0.6) is 5.75 Å². The van der Waals surface area contributed by atoms with Crippen molar-refractivity contribution in [1.82, 2.24) is 0 Å². The maximum absolute atomic E-state index is 11.4. The first-order valence-corrected chi connectivity index (χ1v) is 12.1. The van der Waals surface area contributed by atoms with Crippen molar-refractivity contribution >= 4 is 5.78 Å². The molecule has 2 aliphatic carbocycles. The average molecular weight is 397 g/mol. The first kappa shape index (κ1) is 22.1. The largest absolute Gasteiger partial charge is 0.493 e. The monoisotopic (exact) mass is 396 g/mol. The molecular weight excluding hydrogens is 356 g/mol. The highest BCUT2D eigenvalue weighted by atomic mass is 16.5. The number of rotatable bonds is 10. The molecule has 0 heterocycles. The lowest BCUT2D eigenvalue weighted by molar-refractivity contribution is -0.114. The van der Waals surface area contributed by atoms with Crippen LogP contribution >= 0.6 is 0 Å². The number of hydrogen-bond acceptors (Lipinski definition) is 2. The highest BCUT2D eigenvalue weighted by molar-refractivity contribution is 5.88. The lowest BCUT2D eigenvalue weighted by Crippen LogP contribution is -2.20. The Hall–Kier alpha value is -1.57. The smallest absolute Gasteiger partial charge is 0.155 e. The number of benzene rings is 1. The molecule has 0 bridgehead atoms. The normalized spacial score (nSPS) is 27.3. The zero-order valence-electron chi connectivity index (χ0n) is 18.4. The molecule has 2 fully saturated rings. The van der Waals surface area contributed by atoms with Gasteiger partial charge < -0.3 is 4.74 Å². The number of ketones is 1. The van der Waals surface area contributed by atoms with Gasteiger partial charge in [0.2, 0.25) is 0 Å². The Balaban J connectivity index is 1.37. The van der Waals surface area contributed by atoms with Gasteiger partial charge in [0.25, 0.3) is 0 Å². The number of carbonyl (C=O) groups excluding carboxylic acids is 1. The standard InChI is InChI=1S/C27H40O2/c1-3-5-21-6-8-23(9-7-21)20-29-27-18-15-25(16-19-27)24-13-10-22(11-14-24)12-17-26(28)4-2/h4,15-16,18-19,21-24H,2-3,5-14,17,20H2,1H3. The molecule has 1 aromatic carbocycles. The van der Waals surface area contributed by atoms with E-state index in [1.165, 1.54) is 75.8 Å². The second kappa shape index (κ2) is 11.6. The summed E-state index contributed by atoms with van der Waals surface area (Å²) in [6, 6.07) is 8.90. The molecule has 0 unspecified atom stereocenters. The number of carbonyl (C=O) groups is 1. The topological polar surface area (TPSA) is 26.3 Å². The molecule has 0 N–H and O–H groups in total. The van der Waals surface area contributed by atoms with Gasteiger partial charge in [-0.05, 0) is 92.4 Å². The summed E-state index contributed by atoms with van der Waals surface area (Å²) >= 11 is 0. The van der Waals surface area contributed by atoms with Crippen LogP contribution in [0.4, 0.5) is 0 Å². The summed E-state index contributed by atoms with van der Waals surface area (Å²) in [5, 5.41) is 0. The summed E-state index contributed by atoms with van der Waals surface area (Å²) in [4.78, 5) is 11.4. The molecule has 0 saturated heterocycles. The molecule has 0 amide bonds. The summed E-state index contributed by atoms with van der Waals surface area (Å²) in [6.07, 6.45) is 16.3. The van der Waals surface area contributed by atoms with E-state index in [0.29, 0.717) is 18.3 Å². The van der Waals surface area contributed by atoms with E-state index < -0.39 is 0 Å². The minimum absolute atomic E-state index is 0.191. The third-order valence-electron chi connectivity index (χ3n) is 7.37. The van der Waals surface area contributed by atoms with Crippen molar-refractivity contribution in [2.45, 2.75) is 89.9 Å². The zero-order chi connectivity index (χ0) is 20.5. The highest BCUT2D eigenvalue weighted by Gasteiger charge is 2.23. The van der Waals surface area contributed by atoms with Crippen LogP contribution in [-0.4, -0.2) is 12.4 Å². The second-order valence-electron chi connectivity index (χ2n) is 9.48. The molecule has 2 heteroatoms. The SMILES string of the molecule is C=CC(=O)CCC1CCC(c2ccc(OCC3CCC(CCC)CC3)cc2)CC1. The van der Waals surface area contributed by atoms with E-state index in [-0.39, 0.29) is 5.78 Å². The van der Waals surface area contributed by atoms with Crippen molar-refractivity contribution in [1.29, 1.82) is 0 Å². The van der Waals surface area contributed by atoms with E-state index in [1.807, 2.05) is 0 Å². The summed E-state index contributed by atoms with van der Waals surface area (Å²) in [7, 11) is 0. The van der Waals surface area contributed by atoms with Crippen LogP contribution in [0.15, 0.2) is 36.9 Å². The van der Waals surface area contributed by atoms with E-state index in [4.69, 9.17) is 4.74 Å². The van der Waals surface area contributed by atoms with Gasteiger partial charge in [-0.25, -0.2) is 0 Å². The van der Waals surface area contributed by atoms with Crippen molar-refractivity contribution in [3.8, 4) is 5.75 Å². The van der Waals surface area contributed by atoms with E-state index in [9.17, 15) is 4.79 Å². The van der Waals surface area contributed by atoms with Crippen LogP contribution in [0.3, 0.4) is 0 Å². The van der Waals surface area contributed by atoms with Gasteiger partial charge in [-0.3, -0.25) is 4.79 Å². The Kier molecular flexibility index (Phi) is 8.83. The number of ether oxygens (including phenoxy) is 1. The van der Waals surface area contributed by atoms with Gasteiger partial charge >= 0.3 is 0 Å². The van der Waals surface area contributed by atoms with Crippen molar-refractivity contribution in [2.75, 3.05) is 6.61 Å². The Morgan fingerprint density at radius 1 is 0.931 bits per heavy atom. The van der Waals surface area contributed by atoms with Crippen LogP contribution < -0.4 is 4.74 Å². The molecule has 2 saturated carbocycles. The Bertz CT molecular complexity index is 616. The molecule has 3 rings (SSSR count). The fourth-order valence-corrected chi connectivity index (χ4v) is 5.38. The molecule has 0 aliphatic heterocycles. The molecule has 0 spiro atoms. The van der Waals surface area contributed by atoms with Crippen LogP contribution in [0, 0.1) is 17.8 Å². The predicted octanol–water partition coefficient (Wildman–Crippen LogP) is 7.48. The average Bonchev–Trinajstić information content (AvgIpc) is 2.78. The van der Waals surface area contributed by atoms with Gasteiger partial charge in [0.05, 0.1) is 6.61 Å². The summed E-state index contributed by atoms with van der Waals surface area (Å²) < 4.78 is 6.13. The quantitative estimate of drug-likeness (QED) is 0.383. The second-order valence-corrected chi connectivity index (χ2v) is 9.48. The maximum Gasteiger partial charge on any atom is 0.155 e. The predicted molar refractivity (Wildman–Crippen MR) is 121 cm³/mol. The van der Waals surface area contributed by atoms with Gasteiger partial charge in [-0.15, -0.1) is 0 Å². The zero-order valence-corrected chi connectivity index (χ0v) is 18.4. The third-order valence-corrected chi connectivity index (χ3v) is 7.37. The Labute approximate surface area is 178 Å². The molecule has 1 aromatic rings. The van der Waals surface area contributed by atoms with Gasteiger partial charge in [0.1, 0.15) is 5.75 Å². The molecule has 2 nitrogen and oxygen atoms in total. The Morgan fingerprint density at radius 3 is 2.14 bits per heavy atom. The van der Waals surface area contributed by atoms with Gasteiger partial charge in [0, 0.05) is 6.42 Å². The first-order valence-electron chi connectivity index (χ1n) is 12.1. The van der Waals surface area contributed by atoms with Crippen molar-refractivity contribution in [2.24, 2.45) is 17.8 Å². The van der Waals surface area contributed by atoms with Gasteiger partial charge in [-0.1, -0.05) is 51.3 Å². The maximum atomic E-state index is 11.4. The fourth-order valence-electron chi connectivity index (χ4n) is 5.38. The molecule has 0 atom stereocenters. The minimum Gasteiger partial charge on any atom is -0.493 e. The molecular formula is C27H40O2. The van der Waals surface area contributed by atoms with E-state index in [0.717, 1.165) is 30.6 Å². The molecule has 29 heavy (non-hydrogen) atoms. The van der Waals surface area contributed by atoms with Crippen LogP contribution in [0.1, 0.15) is 95.5 Å². The van der Waals surface area contributed by atoms with E-state index in [2.05, 4.69) is 37.8 Å². The van der Waals surface area contributed by atoms with Crippen molar-refractivity contribution < 1.29 is 9.53 Å². The fraction of sp³-hybridized carbons (Fsp3) is 0.667. The van der Waals surface area contributed by atoms with E-state index in [1.54, 1.807) is 0 Å². The molecule has 0 aromatic heterocycles. The molecule has 160 valence electrons. The Morgan fingerprint density at radius 2 is 1.52 bits per heavy atom. The summed E-state index contributed by atoms with van der Waals surface area (Å²) in [5.74, 6) is 4.31. The van der Waals surface area contributed by atoms with Crippen LogP contribution in [0.2, 0.25) is 0 Å². The van der Waals surface area contributed by atoms with Crippen LogP contribution in [-0.2, 0) is 4.79 Å². The molecule has 0 radical (unpaired) electrons. The van der Waals surface area contributed by atoms with Crippen molar-refractivity contribution in [3.05, 3.63) is 42.5 Å². The minimum atomic E-state index is 0.191. The highest BCUT2D eigenvalue weighted by Crippen LogP contribution is 2.38. The lowest BCUT2D eigenvalue weighted by Gasteiger charge is -2.29. The van der Waals surface area contributed by atoms with E-state index >= 15 is 0 Å². The van der Waals surface area contributed by atoms with Crippen molar-refractivity contribution in [3.63, 3.8) is 0 Å². The van der Waals surface area contributed by atoms with Crippen LogP contribution in [0.25, 0.3) is 0 Å². The number of allylic oxidation sites excluding steroid dienone is 1.